The summed E-state index contributed by atoms with van der Waals surface area (Å²) in [5.41, 5.74) is -1.73. The first-order valence-corrected chi connectivity index (χ1v) is 39.3. The molecule has 7 aliphatic rings. The molecule has 3 heterocycles. The lowest BCUT2D eigenvalue weighted by atomic mass is 9.78. The molecule has 106 heavy (non-hydrogen) atoms. The second-order valence-corrected chi connectivity index (χ2v) is 32.7. The van der Waals surface area contributed by atoms with Gasteiger partial charge in [0, 0.05) is 80.8 Å². The number of hydrogen-bond acceptors (Lipinski definition) is 13. The minimum atomic E-state index is -4.57. The second-order valence-electron chi connectivity index (χ2n) is 32.1. The van der Waals surface area contributed by atoms with Crippen LogP contribution in [0.25, 0.3) is 0 Å². The zero-order valence-corrected chi connectivity index (χ0v) is 65.1. The first kappa shape index (κ1) is 86.8. The van der Waals surface area contributed by atoms with Gasteiger partial charge in [-0.15, -0.1) is 11.6 Å². The highest BCUT2D eigenvalue weighted by Gasteiger charge is 2.53. The number of likely N-dealkylation sites (N-methyl/N-ethyl adjacent to an activating group) is 7. The smallest absolute Gasteiger partial charge is 0.370 e. The van der Waals surface area contributed by atoms with Crippen molar-refractivity contribution in [3.8, 4) is 0 Å². The number of hydrogen-bond donors (Lipinski definition) is 3. The maximum absolute atomic E-state index is 15.9. The van der Waals surface area contributed by atoms with E-state index in [4.69, 9.17) is 16.3 Å². The van der Waals surface area contributed by atoms with E-state index in [9.17, 15) is 50.7 Å². The molecule has 3 saturated heterocycles. The average Bonchev–Trinajstić information content (AvgIpc) is 1.51. The topological polar surface area (TPSA) is 279 Å². The molecule has 0 bridgehead atoms. The van der Waals surface area contributed by atoms with Crippen LogP contribution in [-0.2, 0) is 62.3 Å². The normalized spacial score (nSPS) is 29.9. The summed E-state index contributed by atoms with van der Waals surface area (Å²) in [7, 11) is 9.79. The number of alkyl halides is 6. The van der Waals surface area contributed by atoms with Crippen LogP contribution < -0.4 is 16.0 Å². The molecular weight excluding hydrogens is 1410 g/mol. The molecule has 0 aromatic carbocycles. The molecule has 3 unspecified atom stereocenters. The highest BCUT2D eigenvalue weighted by molar-refractivity contribution is 6.21. The van der Waals surface area contributed by atoms with Crippen LogP contribution in [-0.4, -0.2) is 282 Å². The van der Waals surface area contributed by atoms with Crippen molar-refractivity contribution in [2.45, 2.75) is 273 Å². The molecular formula is C75H120ClF5N12O13. The number of ether oxygens (including phenoxy) is 1. The molecule has 31 heteroatoms. The monoisotopic (exact) mass is 1530 g/mol. The molecule has 0 radical (unpaired) electrons. The van der Waals surface area contributed by atoms with E-state index in [0.717, 1.165) is 64.5 Å². The lowest BCUT2D eigenvalue weighted by Gasteiger charge is -2.43. The number of fused-ring (bicyclic) bond motifs is 1. The van der Waals surface area contributed by atoms with Crippen LogP contribution in [0, 0.1) is 35.5 Å². The Morgan fingerprint density at radius 1 is 0.613 bits per heavy atom. The van der Waals surface area contributed by atoms with Gasteiger partial charge < -0.3 is 64.8 Å². The summed E-state index contributed by atoms with van der Waals surface area (Å²) in [5.74, 6) is -12.0. The summed E-state index contributed by atoms with van der Waals surface area (Å²) in [4.78, 5) is 192. The largest absolute Gasteiger partial charge is 0.393 e. The van der Waals surface area contributed by atoms with Gasteiger partial charge in [-0.1, -0.05) is 98.3 Å². The van der Waals surface area contributed by atoms with E-state index < -0.39 is 206 Å². The van der Waals surface area contributed by atoms with Gasteiger partial charge in [0.1, 0.15) is 54.4 Å². The van der Waals surface area contributed by atoms with Crippen LogP contribution >= 0.6 is 11.6 Å². The van der Waals surface area contributed by atoms with Gasteiger partial charge in [-0.05, 0) is 119 Å². The van der Waals surface area contributed by atoms with Crippen molar-refractivity contribution < 1.29 is 84.2 Å². The van der Waals surface area contributed by atoms with Gasteiger partial charge in [0.2, 0.25) is 70.9 Å². The average molecular weight is 1530 g/mol. The molecule has 25 nitrogen and oxygen atoms in total. The highest BCUT2D eigenvalue weighted by Crippen LogP contribution is 2.44. The number of carbonyl (C=O) groups excluding carboxylic acids is 12. The molecule has 600 valence electrons. The summed E-state index contributed by atoms with van der Waals surface area (Å²) >= 11 is 6.41. The van der Waals surface area contributed by atoms with E-state index in [1.165, 1.54) is 68.9 Å². The summed E-state index contributed by atoms with van der Waals surface area (Å²) in [6.07, 6.45) is 0.991. The second kappa shape index (κ2) is 39.3. The van der Waals surface area contributed by atoms with E-state index in [1.54, 1.807) is 11.8 Å². The zero-order chi connectivity index (χ0) is 78.2. The summed E-state index contributed by atoms with van der Waals surface area (Å²) in [6.45, 7) is 4.61. The Morgan fingerprint density at radius 2 is 1.21 bits per heavy atom. The van der Waals surface area contributed by atoms with Crippen molar-refractivity contribution >= 4 is 82.5 Å². The number of nitrogens with one attached hydrogen (secondary N) is 3. The van der Waals surface area contributed by atoms with Crippen LogP contribution in [0.2, 0.25) is 0 Å². The maximum Gasteiger partial charge on any atom is 0.393 e. The molecule has 4 aliphatic carbocycles. The molecule has 12 atom stereocenters. The van der Waals surface area contributed by atoms with Gasteiger partial charge in [-0.2, -0.15) is 13.2 Å². The first-order chi connectivity index (χ1) is 50.0. The quantitative estimate of drug-likeness (QED) is 0.120. The number of rotatable bonds is 14. The molecule has 0 aromatic rings. The molecule has 0 aromatic heterocycles. The Balaban J connectivity index is 1.32. The van der Waals surface area contributed by atoms with Crippen molar-refractivity contribution in [2.75, 3.05) is 95.2 Å². The number of amides is 12. The van der Waals surface area contributed by atoms with E-state index in [1.807, 2.05) is 20.8 Å². The molecule has 7 fully saturated rings. The van der Waals surface area contributed by atoms with Crippen LogP contribution in [0.3, 0.4) is 0 Å². The fraction of sp³-hybridized carbons (Fsp3) is 0.840. The van der Waals surface area contributed by atoms with Crippen molar-refractivity contribution in [3.05, 3.63) is 0 Å². The standard InChI is InChI=1S/C75H120ClF5N12O13/c1-12-47(4)64-71(103)87(7)43-62(96)85(5)44-63(97)89(9)57(38-48-24-16-13-17-25-48)69(101)86(6)42-60(94)82-54(31-29-49-28-30-52(53(76)37-49)75(79,80)81)68(100)93-41-51(106-45-59(77)78)39-56(93)67(99)84-74(32-20-21-33-74)73(105)91(11)65(50-26-18-14-19-27-50)72(104)90(10)58(70(102)92-34-22-15-23-35-92)40-61(95)88(8)55(36-46(2)3)66(98)83-64/h46-59,64-65H,12-45H2,1-11H3,(H,82,94)(H,83,98)(H,84,99)/t47-,49?,51+,52?,53?,54-,55-,56-,57-,58-,64-,65-/m0/s1. The predicted molar refractivity (Wildman–Crippen MR) is 386 cm³/mol. The minimum Gasteiger partial charge on any atom is -0.370 e. The van der Waals surface area contributed by atoms with E-state index in [0.29, 0.717) is 70.9 Å². The fourth-order valence-electron chi connectivity index (χ4n) is 17.1. The SMILES string of the molecule is CC[C@H](C)[C@@H]1NC(=O)[C@H](CC(C)C)N(C)C(=O)C[C@@H](C(=O)N2CCCCC2)N(C)C(=O)[C@H](C2CCCCC2)N(C)C(=O)C2(CCCC2)NC(=O)[C@@H]2C[C@@H](OCC(F)F)CN2C(=O)[C@H](CCC2CCC(C(F)(F)F)C(Cl)C2)NC(=O)CN(C)C(=O)[C@H](CC2CCCCC2)N(C)C(=O)CN(C)C(=O)CN(C)C1=O. The molecule has 4 saturated carbocycles. The summed E-state index contributed by atoms with van der Waals surface area (Å²) in [6, 6.07) is -9.44. The maximum atomic E-state index is 15.9. The third kappa shape index (κ3) is 22.6. The first-order valence-electron chi connectivity index (χ1n) is 38.9. The van der Waals surface area contributed by atoms with Gasteiger partial charge in [0.15, 0.2) is 0 Å². The van der Waals surface area contributed by atoms with Gasteiger partial charge in [-0.25, -0.2) is 8.78 Å². The number of halogens is 6. The van der Waals surface area contributed by atoms with Crippen molar-refractivity contribution in [3.63, 3.8) is 0 Å². The Kier molecular flexibility index (Phi) is 32.1. The lowest BCUT2D eigenvalue weighted by Crippen LogP contribution is -2.65. The Labute approximate surface area is 627 Å². The molecule has 3 N–H and O–H groups in total. The molecule has 1 spiro atoms. The van der Waals surface area contributed by atoms with E-state index >= 15 is 28.8 Å². The minimum absolute atomic E-state index is 0.0231. The third-order valence-corrected chi connectivity index (χ3v) is 24.4. The predicted octanol–water partition coefficient (Wildman–Crippen LogP) is 6.74. The van der Waals surface area contributed by atoms with Gasteiger partial charge >= 0.3 is 6.18 Å². The molecule has 3 aliphatic heterocycles. The summed E-state index contributed by atoms with van der Waals surface area (Å²) < 4.78 is 75.9. The van der Waals surface area contributed by atoms with Gasteiger partial charge in [-0.3, -0.25) is 57.5 Å². The van der Waals surface area contributed by atoms with Crippen LogP contribution in [0.4, 0.5) is 22.0 Å². The number of likely N-dealkylation sites (tertiary alicyclic amines) is 1. The Morgan fingerprint density at radius 3 is 1.80 bits per heavy atom. The van der Waals surface area contributed by atoms with E-state index in [-0.39, 0.29) is 76.0 Å². The highest BCUT2D eigenvalue weighted by atomic mass is 35.5. The van der Waals surface area contributed by atoms with Gasteiger partial charge in [0.05, 0.1) is 38.1 Å². The lowest BCUT2D eigenvalue weighted by molar-refractivity contribution is -0.182. The van der Waals surface area contributed by atoms with Gasteiger partial charge in [0.25, 0.3) is 6.43 Å². The Bertz CT molecular complexity index is 3060. The third-order valence-electron chi connectivity index (χ3n) is 23.9. The molecule has 12 amide bonds. The van der Waals surface area contributed by atoms with Crippen molar-refractivity contribution in [1.82, 2.24) is 60.0 Å². The summed E-state index contributed by atoms with van der Waals surface area (Å²) in [5, 5.41) is 7.33. The van der Waals surface area contributed by atoms with Crippen molar-refractivity contribution in [2.24, 2.45) is 35.5 Å². The van der Waals surface area contributed by atoms with Crippen molar-refractivity contribution in [1.29, 1.82) is 0 Å². The van der Waals surface area contributed by atoms with Crippen LogP contribution in [0.15, 0.2) is 0 Å². The van der Waals surface area contributed by atoms with Crippen LogP contribution in [0.1, 0.15) is 201 Å². The number of carbonyl (C=O) groups is 12. The number of piperidine rings is 1. The van der Waals surface area contributed by atoms with Crippen LogP contribution in [0.5, 0.6) is 0 Å². The molecule has 7 rings (SSSR count). The fourth-order valence-corrected chi connectivity index (χ4v) is 17.7. The number of nitrogens with zero attached hydrogens (tertiary/aromatic N) is 9. The van der Waals surface area contributed by atoms with E-state index in [2.05, 4.69) is 16.0 Å². The zero-order valence-electron chi connectivity index (χ0n) is 64.4. The Hall–Kier alpha value is -6.46.